The van der Waals surface area contributed by atoms with E-state index in [0.29, 0.717) is 5.56 Å². The van der Waals surface area contributed by atoms with Crippen molar-refractivity contribution in [1.82, 2.24) is 0 Å². The van der Waals surface area contributed by atoms with Crippen LogP contribution in [-0.4, -0.2) is 18.3 Å². The van der Waals surface area contributed by atoms with E-state index in [1.807, 2.05) is 54.2 Å². The van der Waals surface area contributed by atoms with Gasteiger partial charge in [-0.15, -0.1) is 0 Å². The van der Waals surface area contributed by atoms with Crippen LogP contribution in [0.3, 0.4) is 0 Å². The standard InChI is InChI=1S/C17H19NO2S/c18-17(19)15-9-7-14(8-10-15)13-21-12-4-11-20-16-5-2-1-3-6-16/h1-3,5-10H,4,11-13H2,(H2,18,19). The summed E-state index contributed by atoms with van der Waals surface area (Å²) in [4.78, 5) is 11.0. The molecular weight excluding hydrogens is 282 g/mol. The lowest BCUT2D eigenvalue weighted by Gasteiger charge is -2.06. The van der Waals surface area contributed by atoms with Gasteiger partial charge in [0.1, 0.15) is 5.75 Å². The topological polar surface area (TPSA) is 52.3 Å². The number of nitrogens with two attached hydrogens (primary N) is 1. The lowest BCUT2D eigenvalue weighted by atomic mass is 10.1. The number of carbonyl (C=O) groups excluding carboxylic acids is 1. The SMILES string of the molecule is NC(=O)c1ccc(CSCCCOc2ccccc2)cc1. The van der Waals surface area contributed by atoms with Crippen molar-refractivity contribution in [2.45, 2.75) is 12.2 Å². The Morgan fingerprint density at radius 2 is 1.76 bits per heavy atom. The Hall–Kier alpha value is -1.94. The molecular formula is C17H19NO2S. The molecule has 0 saturated carbocycles. The third-order valence-corrected chi connectivity index (χ3v) is 4.07. The smallest absolute Gasteiger partial charge is 0.248 e. The van der Waals surface area contributed by atoms with E-state index in [-0.39, 0.29) is 5.91 Å². The zero-order valence-electron chi connectivity index (χ0n) is 11.8. The van der Waals surface area contributed by atoms with Gasteiger partial charge < -0.3 is 10.5 Å². The third kappa shape index (κ3) is 5.52. The fourth-order valence-corrected chi connectivity index (χ4v) is 2.72. The minimum Gasteiger partial charge on any atom is -0.494 e. The van der Waals surface area contributed by atoms with Crippen LogP contribution in [0.5, 0.6) is 5.75 Å². The molecule has 1 amide bonds. The molecule has 3 nitrogen and oxygen atoms in total. The maximum absolute atomic E-state index is 11.0. The Kier molecular flexibility index (Phi) is 6.16. The fourth-order valence-electron chi connectivity index (χ4n) is 1.82. The highest BCUT2D eigenvalue weighted by Gasteiger charge is 2.00. The van der Waals surface area contributed by atoms with Crippen molar-refractivity contribution < 1.29 is 9.53 Å². The van der Waals surface area contributed by atoms with E-state index in [2.05, 4.69) is 0 Å². The van der Waals surface area contributed by atoms with Gasteiger partial charge in [-0.1, -0.05) is 30.3 Å². The fraction of sp³-hybridized carbons (Fsp3) is 0.235. The first-order chi connectivity index (χ1) is 10.3. The highest BCUT2D eigenvalue weighted by molar-refractivity contribution is 7.98. The average molecular weight is 301 g/mol. The van der Waals surface area contributed by atoms with Gasteiger partial charge in [0.15, 0.2) is 0 Å². The van der Waals surface area contributed by atoms with Gasteiger partial charge in [-0.2, -0.15) is 11.8 Å². The molecule has 0 aliphatic carbocycles. The van der Waals surface area contributed by atoms with Gasteiger partial charge in [-0.05, 0) is 42.0 Å². The van der Waals surface area contributed by atoms with Gasteiger partial charge in [0.05, 0.1) is 6.61 Å². The van der Waals surface area contributed by atoms with Gasteiger partial charge in [-0.25, -0.2) is 0 Å². The number of amides is 1. The Morgan fingerprint density at radius 3 is 2.43 bits per heavy atom. The summed E-state index contributed by atoms with van der Waals surface area (Å²) in [5.41, 5.74) is 6.97. The van der Waals surface area contributed by atoms with Crippen molar-refractivity contribution in [3.05, 3.63) is 65.7 Å². The molecule has 2 aromatic rings. The molecule has 0 aliphatic heterocycles. The minimum absolute atomic E-state index is 0.382. The summed E-state index contributed by atoms with van der Waals surface area (Å²) in [7, 11) is 0. The molecule has 2 aromatic carbocycles. The molecule has 0 aliphatic rings. The first kappa shape index (κ1) is 15.4. The molecule has 0 radical (unpaired) electrons. The number of para-hydroxylation sites is 1. The molecule has 0 unspecified atom stereocenters. The zero-order chi connectivity index (χ0) is 14.9. The van der Waals surface area contributed by atoms with Gasteiger partial charge >= 0.3 is 0 Å². The average Bonchev–Trinajstić information content (AvgIpc) is 2.52. The van der Waals surface area contributed by atoms with Crippen LogP contribution < -0.4 is 10.5 Å². The van der Waals surface area contributed by atoms with Gasteiger partial charge in [-0.3, -0.25) is 4.79 Å². The number of benzene rings is 2. The number of ether oxygens (including phenoxy) is 1. The Balaban J connectivity index is 1.60. The summed E-state index contributed by atoms with van der Waals surface area (Å²) in [5.74, 6) is 2.52. The number of thioether (sulfide) groups is 1. The second kappa shape index (κ2) is 8.37. The van der Waals surface area contributed by atoms with Crippen LogP contribution >= 0.6 is 11.8 Å². The number of carbonyl (C=O) groups is 1. The van der Waals surface area contributed by atoms with Crippen molar-refractivity contribution in [2.24, 2.45) is 5.73 Å². The van der Waals surface area contributed by atoms with Crippen LogP contribution in [0, 0.1) is 0 Å². The summed E-state index contributed by atoms with van der Waals surface area (Å²) in [6, 6.07) is 17.3. The molecule has 2 N–H and O–H groups in total. The minimum atomic E-state index is -0.382. The summed E-state index contributed by atoms with van der Waals surface area (Å²) in [5, 5.41) is 0. The third-order valence-electron chi connectivity index (χ3n) is 2.95. The lowest BCUT2D eigenvalue weighted by Crippen LogP contribution is -2.10. The maximum Gasteiger partial charge on any atom is 0.248 e. The number of hydrogen-bond acceptors (Lipinski definition) is 3. The lowest BCUT2D eigenvalue weighted by molar-refractivity contribution is 0.100. The first-order valence-electron chi connectivity index (χ1n) is 6.90. The molecule has 0 atom stereocenters. The molecule has 0 saturated heterocycles. The molecule has 4 heteroatoms. The van der Waals surface area contributed by atoms with Crippen molar-refractivity contribution in [3.63, 3.8) is 0 Å². The highest BCUT2D eigenvalue weighted by Crippen LogP contribution is 2.15. The molecule has 110 valence electrons. The summed E-state index contributed by atoms with van der Waals surface area (Å²) in [6.45, 7) is 0.734. The van der Waals surface area contributed by atoms with Gasteiger partial charge in [0, 0.05) is 11.3 Å². The van der Waals surface area contributed by atoms with Crippen LogP contribution in [-0.2, 0) is 5.75 Å². The first-order valence-corrected chi connectivity index (χ1v) is 8.05. The van der Waals surface area contributed by atoms with Crippen LogP contribution in [0.25, 0.3) is 0 Å². The van der Waals surface area contributed by atoms with E-state index in [9.17, 15) is 4.79 Å². The van der Waals surface area contributed by atoms with Crippen molar-refractivity contribution in [1.29, 1.82) is 0 Å². The normalized spacial score (nSPS) is 10.3. The van der Waals surface area contributed by atoms with E-state index < -0.39 is 0 Å². The molecule has 0 fully saturated rings. The Labute approximate surface area is 129 Å². The van der Waals surface area contributed by atoms with E-state index in [1.165, 1.54) is 5.56 Å². The van der Waals surface area contributed by atoms with Crippen LogP contribution in [0.1, 0.15) is 22.3 Å². The van der Waals surface area contributed by atoms with Crippen molar-refractivity contribution >= 4 is 17.7 Å². The molecule has 0 bridgehead atoms. The highest BCUT2D eigenvalue weighted by atomic mass is 32.2. The Morgan fingerprint density at radius 1 is 1.05 bits per heavy atom. The van der Waals surface area contributed by atoms with Crippen molar-refractivity contribution in [2.75, 3.05) is 12.4 Å². The van der Waals surface area contributed by atoms with Crippen molar-refractivity contribution in [3.8, 4) is 5.75 Å². The second-order valence-corrected chi connectivity index (χ2v) is 5.73. The molecule has 0 heterocycles. The zero-order valence-corrected chi connectivity index (χ0v) is 12.6. The molecule has 0 aromatic heterocycles. The maximum atomic E-state index is 11.0. The predicted molar refractivity (Wildman–Crippen MR) is 87.7 cm³/mol. The van der Waals surface area contributed by atoms with Crippen LogP contribution in [0.2, 0.25) is 0 Å². The number of primary amides is 1. The van der Waals surface area contributed by atoms with Crippen LogP contribution in [0.4, 0.5) is 0 Å². The van der Waals surface area contributed by atoms with E-state index in [4.69, 9.17) is 10.5 Å². The largest absolute Gasteiger partial charge is 0.494 e. The predicted octanol–water partition coefficient (Wildman–Crippen LogP) is 3.49. The summed E-state index contributed by atoms with van der Waals surface area (Å²) in [6.07, 6.45) is 1.01. The summed E-state index contributed by atoms with van der Waals surface area (Å²) >= 11 is 1.86. The monoisotopic (exact) mass is 301 g/mol. The van der Waals surface area contributed by atoms with Gasteiger partial charge in [0.25, 0.3) is 0 Å². The Bertz CT molecular complexity index is 555. The second-order valence-electron chi connectivity index (χ2n) is 4.63. The molecule has 21 heavy (non-hydrogen) atoms. The van der Waals surface area contributed by atoms with E-state index in [1.54, 1.807) is 12.1 Å². The quantitative estimate of drug-likeness (QED) is 0.759. The van der Waals surface area contributed by atoms with Crippen LogP contribution in [0.15, 0.2) is 54.6 Å². The number of hydrogen-bond donors (Lipinski definition) is 1. The van der Waals surface area contributed by atoms with E-state index in [0.717, 1.165) is 30.3 Å². The summed E-state index contributed by atoms with van der Waals surface area (Å²) < 4.78 is 5.64. The molecule has 2 rings (SSSR count). The van der Waals surface area contributed by atoms with E-state index >= 15 is 0 Å². The molecule has 0 spiro atoms. The number of rotatable bonds is 8. The van der Waals surface area contributed by atoms with Gasteiger partial charge in [0.2, 0.25) is 5.91 Å².